The van der Waals surface area contributed by atoms with Crippen molar-refractivity contribution in [1.29, 1.82) is 5.26 Å². The summed E-state index contributed by atoms with van der Waals surface area (Å²) in [4.78, 5) is 2.30. The van der Waals surface area contributed by atoms with Crippen LogP contribution in [0.3, 0.4) is 0 Å². The minimum Gasteiger partial charge on any atom is -0.393 e. The Morgan fingerprint density at radius 3 is 2.43 bits per heavy atom. The van der Waals surface area contributed by atoms with Gasteiger partial charge in [-0.2, -0.15) is 5.26 Å². The molecule has 124 valence electrons. The van der Waals surface area contributed by atoms with Gasteiger partial charge in [-0.15, -0.1) is 0 Å². The number of aliphatic hydroxyl groups excluding tert-OH is 1. The molecule has 2 saturated heterocycles. The van der Waals surface area contributed by atoms with Crippen LogP contribution in [0.15, 0.2) is 18.2 Å². The van der Waals surface area contributed by atoms with Crippen LogP contribution in [0, 0.1) is 23.2 Å². The summed E-state index contributed by atoms with van der Waals surface area (Å²) in [5.74, 6) is 0.861. The van der Waals surface area contributed by atoms with E-state index in [2.05, 4.69) is 16.3 Å². The van der Waals surface area contributed by atoms with E-state index in [1.54, 1.807) is 6.07 Å². The van der Waals surface area contributed by atoms with E-state index in [0.29, 0.717) is 22.4 Å². The average Bonchev–Trinajstić information content (AvgIpc) is 2.62. The summed E-state index contributed by atoms with van der Waals surface area (Å²) in [6, 6.07) is 7.73. The molecule has 0 aromatic heterocycles. The SMILES string of the molecule is N#Cc1ccc(N2CCC(C(O)C3CCNCC3)CC2)cc1Cl. The topological polar surface area (TPSA) is 59.3 Å². The molecule has 0 saturated carbocycles. The van der Waals surface area contributed by atoms with Gasteiger partial charge in [-0.25, -0.2) is 0 Å². The zero-order valence-electron chi connectivity index (χ0n) is 13.3. The molecule has 2 aliphatic rings. The average molecular weight is 334 g/mol. The molecule has 23 heavy (non-hydrogen) atoms. The molecular weight excluding hydrogens is 310 g/mol. The summed E-state index contributed by atoms with van der Waals surface area (Å²) in [5, 5.41) is 23.5. The predicted octanol–water partition coefficient (Wildman–Crippen LogP) is 2.79. The van der Waals surface area contributed by atoms with Crippen LogP contribution >= 0.6 is 11.6 Å². The minimum atomic E-state index is -0.163. The van der Waals surface area contributed by atoms with Gasteiger partial charge >= 0.3 is 0 Å². The summed E-state index contributed by atoms with van der Waals surface area (Å²) in [6.07, 6.45) is 4.05. The quantitative estimate of drug-likeness (QED) is 0.893. The Balaban J connectivity index is 1.57. The third kappa shape index (κ3) is 3.80. The lowest BCUT2D eigenvalue weighted by molar-refractivity contribution is 0.0265. The second kappa shape index (κ2) is 7.53. The first kappa shape index (κ1) is 16.6. The van der Waals surface area contributed by atoms with E-state index in [-0.39, 0.29) is 6.10 Å². The summed E-state index contributed by atoms with van der Waals surface area (Å²) in [5.41, 5.74) is 1.59. The molecule has 0 aliphatic carbocycles. The Morgan fingerprint density at radius 1 is 1.17 bits per heavy atom. The molecule has 0 amide bonds. The number of hydrogen-bond donors (Lipinski definition) is 2. The van der Waals surface area contributed by atoms with Gasteiger partial charge in [-0.1, -0.05) is 11.6 Å². The maximum atomic E-state index is 10.7. The highest BCUT2D eigenvalue weighted by Gasteiger charge is 2.31. The zero-order valence-corrected chi connectivity index (χ0v) is 14.1. The van der Waals surface area contributed by atoms with E-state index in [9.17, 15) is 5.11 Å². The first-order valence-electron chi connectivity index (χ1n) is 8.52. The van der Waals surface area contributed by atoms with Crippen molar-refractivity contribution in [2.45, 2.75) is 31.8 Å². The fraction of sp³-hybridized carbons (Fsp3) is 0.611. The number of hydrogen-bond acceptors (Lipinski definition) is 4. The van der Waals surface area contributed by atoms with Gasteiger partial charge in [-0.05, 0) is 68.8 Å². The van der Waals surface area contributed by atoms with Crippen molar-refractivity contribution in [3.05, 3.63) is 28.8 Å². The van der Waals surface area contributed by atoms with Gasteiger partial charge in [-0.3, -0.25) is 0 Å². The highest BCUT2D eigenvalue weighted by molar-refractivity contribution is 6.32. The maximum absolute atomic E-state index is 10.7. The zero-order chi connectivity index (χ0) is 16.2. The van der Waals surface area contributed by atoms with Crippen molar-refractivity contribution in [2.24, 2.45) is 11.8 Å². The van der Waals surface area contributed by atoms with Gasteiger partial charge in [0, 0.05) is 18.8 Å². The Bertz CT molecular complexity index is 572. The van der Waals surface area contributed by atoms with Gasteiger partial charge in [0.15, 0.2) is 0 Å². The van der Waals surface area contributed by atoms with Crippen molar-refractivity contribution in [3.8, 4) is 6.07 Å². The molecule has 2 aliphatic heterocycles. The number of halogens is 1. The third-order valence-electron chi connectivity index (χ3n) is 5.33. The summed E-state index contributed by atoms with van der Waals surface area (Å²) < 4.78 is 0. The number of nitrogens with one attached hydrogen (secondary N) is 1. The summed E-state index contributed by atoms with van der Waals surface area (Å²) in [7, 11) is 0. The van der Waals surface area contributed by atoms with Crippen LogP contribution < -0.4 is 10.2 Å². The predicted molar refractivity (Wildman–Crippen MR) is 92.7 cm³/mol. The van der Waals surface area contributed by atoms with E-state index in [4.69, 9.17) is 16.9 Å². The number of anilines is 1. The highest BCUT2D eigenvalue weighted by Crippen LogP contribution is 2.32. The van der Waals surface area contributed by atoms with Crippen molar-refractivity contribution in [3.63, 3.8) is 0 Å². The van der Waals surface area contributed by atoms with Gasteiger partial charge in [0.25, 0.3) is 0 Å². The third-order valence-corrected chi connectivity index (χ3v) is 5.64. The molecule has 2 fully saturated rings. The molecule has 0 bridgehead atoms. The van der Waals surface area contributed by atoms with E-state index in [0.717, 1.165) is 57.5 Å². The smallest absolute Gasteiger partial charge is 0.101 e. The van der Waals surface area contributed by atoms with Crippen LogP contribution in [0.2, 0.25) is 5.02 Å². The van der Waals surface area contributed by atoms with Crippen LogP contribution in [0.25, 0.3) is 0 Å². The van der Waals surface area contributed by atoms with Crippen LogP contribution in [-0.2, 0) is 0 Å². The molecule has 1 aromatic carbocycles. The lowest BCUT2D eigenvalue weighted by Crippen LogP contribution is -2.43. The second-order valence-electron chi connectivity index (χ2n) is 6.68. The van der Waals surface area contributed by atoms with E-state index in [1.807, 2.05) is 12.1 Å². The van der Waals surface area contributed by atoms with Crippen LogP contribution in [-0.4, -0.2) is 37.4 Å². The van der Waals surface area contributed by atoms with Gasteiger partial charge in [0.1, 0.15) is 6.07 Å². The molecule has 3 rings (SSSR count). The number of piperidine rings is 2. The maximum Gasteiger partial charge on any atom is 0.101 e. The largest absolute Gasteiger partial charge is 0.393 e. The van der Waals surface area contributed by atoms with Crippen LogP contribution in [0.4, 0.5) is 5.69 Å². The van der Waals surface area contributed by atoms with Crippen LogP contribution in [0.1, 0.15) is 31.2 Å². The van der Waals surface area contributed by atoms with Gasteiger partial charge in [0.2, 0.25) is 0 Å². The van der Waals surface area contributed by atoms with Gasteiger partial charge in [0.05, 0.1) is 16.7 Å². The molecule has 4 nitrogen and oxygen atoms in total. The standard InChI is InChI=1S/C18H24ClN3O/c19-17-11-16(2-1-15(17)12-20)22-9-5-14(6-10-22)18(23)13-3-7-21-8-4-13/h1-2,11,13-14,18,21,23H,3-10H2. The number of nitrogens with zero attached hydrogens (tertiary/aromatic N) is 2. The molecule has 2 heterocycles. The first-order valence-corrected chi connectivity index (χ1v) is 8.90. The lowest BCUT2D eigenvalue weighted by Gasteiger charge is -2.39. The second-order valence-corrected chi connectivity index (χ2v) is 7.09. The molecule has 0 spiro atoms. The fourth-order valence-corrected chi connectivity index (χ4v) is 4.08. The summed E-state index contributed by atoms with van der Waals surface area (Å²) in [6.45, 7) is 3.94. The minimum absolute atomic E-state index is 0.163. The molecule has 5 heteroatoms. The number of benzene rings is 1. The first-order chi connectivity index (χ1) is 11.2. The number of rotatable bonds is 3. The Labute approximate surface area is 143 Å². The summed E-state index contributed by atoms with van der Waals surface area (Å²) >= 11 is 6.13. The van der Waals surface area contributed by atoms with Crippen molar-refractivity contribution < 1.29 is 5.11 Å². The van der Waals surface area contributed by atoms with E-state index >= 15 is 0 Å². The van der Waals surface area contributed by atoms with Crippen LogP contribution in [0.5, 0.6) is 0 Å². The van der Waals surface area contributed by atoms with Gasteiger partial charge < -0.3 is 15.3 Å². The molecule has 0 radical (unpaired) electrons. The normalized spacial score (nSPS) is 21.9. The molecular formula is C18H24ClN3O. The van der Waals surface area contributed by atoms with Crippen molar-refractivity contribution in [2.75, 3.05) is 31.1 Å². The van der Waals surface area contributed by atoms with Crippen molar-refractivity contribution in [1.82, 2.24) is 5.32 Å². The van der Waals surface area contributed by atoms with E-state index in [1.165, 1.54) is 0 Å². The highest BCUT2D eigenvalue weighted by atomic mass is 35.5. The Hall–Kier alpha value is -1.28. The molecule has 1 unspecified atom stereocenters. The monoisotopic (exact) mass is 333 g/mol. The number of nitriles is 1. The number of aliphatic hydroxyl groups is 1. The molecule has 2 N–H and O–H groups in total. The lowest BCUT2D eigenvalue weighted by atomic mass is 9.80. The van der Waals surface area contributed by atoms with Crippen molar-refractivity contribution >= 4 is 17.3 Å². The Kier molecular flexibility index (Phi) is 5.42. The fourth-order valence-electron chi connectivity index (χ4n) is 3.86. The molecule has 1 aromatic rings. The van der Waals surface area contributed by atoms with E-state index < -0.39 is 0 Å². The molecule has 1 atom stereocenters. The Morgan fingerprint density at radius 2 is 1.83 bits per heavy atom.